The lowest BCUT2D eigenvalue weighted by Crippen LogP contribution is -2.07. The maximum atomic E-state index is 5.22. The fraction of sp³-hybridized carbons (Fsp3) is 0.875. The highest BCUT2D eigenvalue weighted by Crippen LogP contribution is 2.11. The Balaban J connectivity index is 3.30. The largest absolute Gasteiger partial charge is 0.346 e. The molecule has 61 valence electrons. The van der Waals surface area contributed by atoms with Gasteiger partial charge >= 0.3 is 0 Å². The lowest BCUT2D eigenvalue weighted by molar-refractivity contribution is -0.0425. The number of ether oxygens (including phenoxy) is 2. The Kier molecular flexibility index (Phi) is 6.98. The molecule has 0 aromatic rings. The highest BCUT2D eigenvalue weighted by Gasteiger charge is 2.06. The molecular weight excluding hydrogens is 128 g/mol. The summed E-state index contributed by atoms with van der Waals surface area (Å²) in [6, 6.07) is 0. The third-order valence-electron chi connectivity index (χ3n) is 1.06. The molecule has 0 aliphatic rings. The summed E-state index contributed by atoms with van der Waals surface area (Å²) >= 11 is 0. The van der Waals surface area contributed by atoms with Crippen molar-refractivity contribution in [3.63, 3.8) is 0 Å². The first kappa shape index (κ1) is 9.92. The zero-order valence-corrected chi connectivity index (χ0v) is 7.14. The molecular formula is C8H17O2. The summed E-state index contributed by atoms with van der Waals surface area (Å²) in [5, 5.41) is 0. The van der Waals surface area contributed by atoms with Crippen LogP contribution in [0.4, 0.5) is 0 Å². The van der Waals surface area contributed by atoms with Gasteiger partial charge in [-0.05, 0) is 13.8 Å². The second kappa shape index (κ2) is 7.03. The van der Waals surface area contributed by atoms with Crippen molar-refractivity contribution in [1.29, 1.82) is 0 Å². The predicted molar refractivity (Wildman–Crippen MR) is 41.4 cm³/mol. The van der Waals surface area contributed by atoms with E-state index in [1.54, 1.807) is 0 Å². The minimum Gasteiger partial charge on any atom is -0.346 e. The Hall–Kier alpha value is -0.0800. The van der Waals surface area contributed by atoms with Crippen molar-refractivity contribution in [2.45, 2.75) is 33.6 Å². The number of hydrogen-bond acceptors (Lipinski definition) is 2. The standard InChI is InChI=1S/C8H17O2/c1-4-7-8(9-5-2)10-6-3/h4-7H2,1-3H3. The van der Waals surface area contributed by atoms with Crippen LogP contribution in [0.2, 0.25) is 0 Å². The topological polar surface area (TPSA) is 18.5 Å². The second-order valence-corrected chi connectivity index (χ2v) is 1.99. The molecule has 0 saturated carbocycles. The van der Waals surface area contributed by atoms with Crippen molar-refractivity contribution in [3.05, 3.63) is 6.29 Å². The van der Waals surface area contributed by atoms with E-state index >= 15 is 0 Å². The Morgan fingerprint density at radius 3 is 1.80 bits per heavy atom. The van der Waals surface area contributed by atoms with Gasteiger partial charge in [-0.1, -0.05) is 13.3 Å². The van der Waals surface area contributed by atoms with Gasteiger partial charge in [0.05, 0.1) is 0 Å². The van der Waals surface area contributed by atoms with E-state index < -0.39 is 0 Å². The van der Waals surface area contributed by atoms with Gasteiger partial charge in [0.1, 0.15) is 0 Å². The predicted octanol–water partition coefficient (Wildman–Crippen LogP) is 2.35. The van der Waals surface area contributed by atoms with Crippen LogP contribution in [0.25, 0.3) is 0 Å². The molecule has 2 nitrogen and oxygen atoms in total. The van der Waals surface area contributed by atoms with Crippen LogP contribution in [0, 0.1) is 6.29 Å². The molecule has 10 heavy (non-hydrogen) atoms. The van der Waals surface area contributed by atoms with Gasteiger partial charge in [-0.3, -0.25) is 0 Å². The van der Waals surface area contributed by atoms with Gasteiger partial charge in [0.2, 0.25) is 6.29 Å². The molecule has 0 aliphatic carbocycles. The van der Waals surface area contributed by atoms with Crippen LogP contribution in [0.3, 0.4) is 0 Å². The molecule has 0 aliphatic heterocycles. The fourth-order valence-corrected chi connectivity index (χ4v) is 0.712. The maximum Gasteiger partial charge on any atom is 0.223 e. The zero-order chi connectivity index (χ0) is 7.82. The quantitative estimate of drug-likeness (QED) is 0.571. The molecule has 0 heterocycles. The summed E-state index contributed by atoms with van der Waals surface area (Å²) < 4.78 is 10.4. The Bertz CT molecular complexity index is 50.0. The van der Waals surface area contributed by atoms with E-state index in [0.29, 0.717) is 13.2 Å². The lowest BCUT2D eigenvalue weighted by atomic mass is 10.3. The highest BCUT2D eigenvalue weighted by molar-refractivity contribution is 4.62. The monoisotopic (exact) mass is 145 g/mol. The molecule has 0 unspecified atom stereocenters. The summed E-state index contributed by atoms with van der Waals surface area (Å²) in [6.45, 7) is 7.45. The van der Waals surface area contributed by atoms with Crippen LogP contribution in [0.5, 0.6) is 0 Å². The smallest absolute Gasteiger partial charge is 0.223 e. The van der Waals surface area contributed by atoms with Crippen molar-refractivity contribution < 1.29 is 9.47 Å². The Morgan fingerprint density at radius 2 is 1.50 bits per heavy atom. The third-order valence-corrected chi connectivity index (χ3v) is 1.06. The van der Waals surface area contributed by atoms with Crippen LogP contribution in [-0.4, -0.2) is 13.2 Å². The van der Waals surface area contributed by atoms with E-state index in [-0.39, 0.29) is 0 Å². The molecule has 0 N–H and O–H groups in total. The maximum absolute atomic E-state index is 5.22. The fourth-order valence-electron chi connectivity index (χ4n) is 0.712. The van der Waals surface area contributed by atoms with Crippen molar-refractivity contribution >= 4 is 0 Å². The van der Waals surface area contributed by atoms with E-state index in [0.717, 1.165) is 19.1 Å². The number of rotatable bonds is 6. The van der Waals surface area contributed by atoms with E-state index in [2.05, 4.69) is 6.92 Å². The van der Waals surface area contributed by atoms with Crippen molar-refractivity contribution in [3.8, 4) is 0 Å². The average Bonchev–Trinajstić information content (AvgIpc) is 1.90. The summed E-state index contributed by atoms with van der Waals surface area (Å²) in [4.78, 5) is 0. The molecule has 2 heteroatoms. The van der Waals surface area contributed by atoms with Gasteiger partial charge in [0.25, 0.3) is 0 Å². The molecule has 0 bridgehead atoms. The Morgan fingerprint density at radius 1 is 1.00 bits per heavy atom. The zero-order valence-electron chi connectivity index (χ0n) is 7.14. The molecule has 0 saturated heterocycles. The van der Waals surface area contributed by atoms with Gasteiger partial charge in [0.15, 0.2) is 0 Å². The first-order valence-corrected chi connectivity index (χ1v) is 3.96. The van der Waals surface area contributed by atoms with E-state index in [9.17, 15) is 0 Å². The van der Waals surface area contributed by atoms with Crippen LogP contribution in [-0.2, 0) is 9.47 Å². The lowest BCUT2D eigenvalue weighted by Gasteiger charge is -2.12. The van der Waals surface area contributed by atoms with E-state index in [1.807, 2.05) is 13.8 Å². The summed E-state index contributed by atoms with van der Waals surface area (Å²) in [5.41, 5.74) is 0. The molecule has 1 radical (unpaired) electrons. The minimum absolute atomic E-state index is 0.704. The van der Waals surface area contributed by atoms with Crippen LogP contribution in [0.15, 0.2) is 0 Å². The van der Waals surface area contributed by atoms with Gasteiger partial charge in [-0.25, -0.2) is 0 Å². The SMILES string of the molecule is CCC[C](OCC)OCC. The molecule has 0 aromatic heterocycles. The molecule has 0 aromatic carbocycles. The van der Waals surface area contributed by atoms with Crippen LogP contribution < -0.4 is 0 Å². The van der Waals surface area contributed by atoms with Gasteiger partial charge < -0.3 is 9.47 Å². The molecule has 0 atom stereocenters. The van der Waals surface area contributed by atoms with Crippen LogP contribution in [0.1, 0.15) is 33.6 Å². The van der Waals surface area contributed by atoms with Gasteiger partial charge in [-0.15, -0.1) is 0 Å². The average molecular weight is 145 g/mol. The summed E-state index contributed by atoms with van der Waals surface area (Å²) in [6.07, 6.45) is 2.78. The van der Waals surface area contributed by atoms with Gasteiger partial charge in [-0.2, -0.15) is 0 Å². The first-order valence-electron chi connectivity index (χ1n) is 3.96. The molecule has 0 spiro atoms. The van der Waals surface area contributed by atoms with E-state index in [4.69, 9.17) is 9.47 Å². The van der Waals surface area contributed by atoms with Crippen LogP contribution >= 0.6 is 0 Å². The van der Waals surface area contributed by atoms with Crippen molar-refractivity contribution in [2.75, 3.05) is 13.2 Å². The first-order chi connectivity index (χ1) is 4.85. The van der Waals surface area contributed by atoms with E-state index in [1.165, 1.54) is 0 Å². The highest BCUT2D eigenvalue weighted by atomic mass is 16.7. The minimum atomic E-state index is 0.704. The normalized spacial score (nSPS) is 10.8. The number of hydrogen-bond donors (Lipinski definition) is 0. The Labute approximate surface area is 63.5 Å². The second-order valence-electron chi connectivity index (χ2n) is 1.99. The summed E-state index contributed by atoms with van der Waals surface area (Å²) in [5.74, 6) is 0. The molecule has 0 amide bonds. The van der Waals surface area contributed by atoms with Crippen molar-refractivity contribution in [1.82, 2.24) is 0 Å². The van der Waals surface area contributed by atoms with Crippen molar-refractivity contribution in [2.24, 2.45) is 0 Å². The third kappa shape index (κ3) is 4.77. The molecule has 0 fully saturated rings. The summed E-state index contributed by atoms with van der Waals surface area (Å²) in [7, 11) is 0. The molecule has 0 rings (SSSR count). The van der Waals surface area contributed by atoms with Gasteiger partial charge in [0, 0.05) is 19.6 Å².